The lowest BCUT2D eigenvalue weighted by Gasteiger charge is -2.34. The lowest BCUT2D eigenvalue weighted by molar-refractivity contribution is -0.129. The predicted molar refractivity (Wildman–Crippen MR) is 92.2 cm³/mol. The number of piperidine rings is 1. The summed E-state index contributed by atoms with van der Waals surface area (Å²) in [6.07, 6.45) is 8.29. The van der Waals surface area contributed by atoms with Gasteiger partial charge in [-0.2, -0.15) is 0 Å². The van der Waals surface area contributed by atoms with Gasteiger partial charge in [0.1, 0.15) is 0 Å². The Morgan fingerprint density at radius 1 is 1.29 bits per heavy atom. The largest absolute Gasteiger partial charge is 0.343 e. The van der Waals surface area contributed by atoms with Gasteiger partial charge in [-0.05, 0) is 50.9 Å². The van der Waals surface area contributed by atoms with E-state index in [1.165, 1.54) is 0 Å². The van der Waals surface area contributed by atoms with E-state index >= 15 is 0 Å². The Bertz CT molecular complexity index is 475. The van der Waals surface area contributed by atoms with E-state index in [0.29, 0.717) is 25.3 Å². The molecule has 0 spiro atoms. The number of hydrogen-bond donors (Lipinski definition) is 2. The molecule has 24 heavy (non-hydrogen) atoms. The van der Waals surface area contributed by atoms with E-state index in [9.17, 15) is 14.0 Å². The number of rotatable bonds is 5. The molecule has 0 radical (unpaired) electrons. The summed E-state index contributed by atoms with van der Waals surface area (Å²) in [6.45, 7) is 5.09. The van der Waals surface area contributed by atoms with Crippen molar-refractivity contribution in [2.45, 2.75) is 70.4 Å². The van der Waals surface area contributed by atoms with Gasteiger partial charge < -0.3 is 15.5 Å². The van der Waals surface area contributed by atoms with Gasteiger partial charge in [-0.15, -0.1) is 0 Å². The van der Waals surface area contributed by atoms with Gasteiger partial charge in [0.05, 0.1) is 6.33 Å². The average Bonchev–Trinajstić information content (AvgIpc) is 2.97. The molecule has 0 bridgehead atoms. The molecular formula is C18H30FN3O2. The van der Waals surface area contributed by atoms with Crippen molar-refractivity contribution in [2.75, 3.05) is 13.1 Å². The van der Waals surface area contributed by atoms with Crippen LogP contribution in [0, 0.1) is 5.92 Å². The van der Waals surface area contributed by atoms with Crippen LogP contribution in [0.25, 0.3) is 0 Å². The van der Waals surface area contributed by atoms with E-state index in [1.807, 2.05) is 4.90 Å². The Morgan fingerprint density at radius 2 is 2.00 bits per heavy atom. The van der Waals surface area contributed by atoms with Crippen molar-refractivity contribution < 1.29 is 14.0 Å². The first-order valence-electron chi connectivity index (χ1n) is 9.07. The number of urea groups is 1. The fraction of sp³-hybridized carbons (Fsp3) is 0.778. The summed E-state index contributed by atoms with van der Waals surface area (Å²) in [5, 5.41) is 6.24. The van der Waals surface area contributed by atoms with Crippen LogP contribution in [0.1, 0.15) is 58.8 Å². The zero-order valence-electron chi connectivity index (χ0n) is 14.8. The van der Waals surface area contributed by atoms with Gasteiger partial charge in [0, 0.05) is 31.6 Å². The summed E-state index contributed by atoms with van der Waals surface area (Å²) in [7, 11) is 0. The van der Waals surface area contributed by atoms with Crippen LogP contribution in [0.15, 0.2) is 12.4 Å². The van der Waals surface area contributed by atoms with Crippen molar-refractivity contribution >= 4 is 11.9 Å². The molecule has 2 rings (SSSR count). The van der Waals surface area contributed by atoms with Gasteiger partial charge in [0.25, 0.3) is 0 Å². The molecule has 2 atom stereocenters. The minimum Gasteiger partial charge on any atom is -0.343 e. The zero-order valence-corrected chi connectivity index (χ0v) is 14.8. The normalized spacial score (nSPS) is 28.3. The Balaban J connectivity index is 1.79. The maximum absolute atomic E-state index is 12.4. The Morgan fingerprint density at radius 3 is 2.58 bits per heavy atom. The number of carbonyl (C=O) groups is 2. The second-order valence-electron chi connectivity index (χ2n) is 7.22. The number of halogens is 1. The van der Waals surface area contributed by atoms with E-state index < -0.39 is 0 Å². The van der Waals surface area contributed by atoms with Crippen molar-refractivity contribution in [3.63, 3.8) is 0 Å². The standard InChI is InChI=1S/C18H30FN3O2/c1-3-18(9-6-15(13-18)5-4-10-19)21-17(24)20-16-7-11-22(12-8-16)14(2)23/h4,10,15-16H,3,5-9,11-13H2,1-2H3,(H2,20,21,24)/b10-4-. The average molecular weight is 339 g/mol. The Labute approximate surface area is 144 Å². The summed E-state index contributed by atoms with van der Waals surface area (Å²) in [6, 6.07) is 0.0148. The van der Waals surface area contributed by atoms with Crippen LogP contribution in [-0.4, -0.2) is 41.5 Å². The highest BCUT2D eigenvalue weighted by Gasteiger charge is 2.38. The molecule has 1 aliphatic carbocycles. The van der Waals surface area contributed by atoms with Gasteiger partial charge in [0.2, 0.25) is 5.91 Å². The number of nitrogens with one attached hydrogen (secondary N) is 2. The molecule has 6 heteroatoms. The van der Waals surface area contributed by atoms with Gasteiger partial charge in [0.15, 0.2) is 0 Å². The molecule has 1 aliphatic heterocycles. The van der Waals surface area contributed by atoms with Crippen LogP contribution >= 0.6 is 0 Å². The third-order valence-corrected chi connectivity index (χ3v) is 5.60. The molecule has 2 fully saturated rings. The van der Waals surface area contributed by atoms with E-state index in [4.69, 9.17) is 0 Å². The molecule has 5 nitrogen and oxygen atoms in total. The van der Waals surface area contributed by atoms with Crippen LogP contribution < -0.4 is 10.6 Å². The summed E-state index contributed by atoms with van der Waals surface area (Å²) < 4.78 is 12.2. The van der Waals surface area contributed by atoms with Crippen molar-refractivity contribution in [2.24, 2.45) is 5.92 Å². The molecule has 3 amide bonds. The summed E-state index contributed by atoms with van der Waals surface area (Å²) in [4.78, 5) is 25.6. The third kappa shape index (κ3) is 4.95. The fourth-order valence-corrected chi connectivity index (χ4v) is 4.01. The quantitative estimate of drug-likeness (QED) is 0.808. The van der Waals surface area contributed by atoms with Gasteiger partial charge in [-0.3, -0.25) is 4.79 Å². The zero-order chi connectivity index (χ0) is 17.6. The van der Waals surface area contributed by atoms with E-state index in [-0.39, 0.29) is 23.5 Å². The molecule has 0 aromatic heterocycles. The molecule has 1 heterocycles. The first kappa shape index (κ1) is 18.7. The summed E-state index contributed by atoms with van der Waals surface area (Å²) in [5.74, 6) is 0.540. The number of carbonyl (C=O) groups excluding carboxylic acids is 2. The molecular weight excluding hydrogens is 309 g/mol. The summed E-state index contributed by atoms with van der Waals surface area (Å²) in [5.41, 5.74) is -0.168. The second kappa shape index (κ2) is 8.49. The molecule has 1 saturated carbocycles. The SMILES string of the molecule is CCC1(NC(=O)NC2CCN(C(C)=O)CC2)CCC(C/C=C\F)C1. The van der Waals surface area contributed by atoms with E-state index in [0.717, 1.165) is 44.9 Å². The maximum atomic E-state index is 12.4. The van der Waals surface area contributed by atoms with Gasteiger partial charge in [-0.1, -0.05) is 13.0 Å². The smallest absolute Gasteiger partial charge is 0.315 e. The molecule has 136 valence electrons. The third-order valence-electron chi connectivity index (χ3n) is 5.60. The fourth-order valence-electron chi connectivity index (χ4n) is 4.01. The lowest BCUT2D eigenvalue weighted by atomic mass is 9.92. The predicted octanol–water partition coefficient (Wildman–Crippen LogP) is 3.12. The number of nitrogens with zero attached hydrogens (tertiary/aromatic N) is 1. The lowest BCUT2D eigenvalue weighted by Crippen LogP contribution is -2.54. The Kier molecular flexibility index (Phi) is 6.63. The van der Waals surface area contributed by atoms with Crippen molar-refractivity contribution in [3.8, 4) is 0 Å². The molecule has 2 aliphatic rings. The Hall–Kier alpha value is -1.59. The monoisotopic (exact) mass is 339 g/mol. The summed E-state index contributed by atoms with van der Waals surface area (Å²) >= 11 is 0. The topological polar surface area (TPSA) is 61.4 Å². The molecule has 2 N–H and O–H groups in total. The first-order chi connectivity index (χ1) is 11.5. The first-order valence-corrected chi connectivity index (χ1v) is 9.07. The maximum Gasteiger partial charge on any atom is 0.315 e. The number of hydrogen-bond acceptors (Lipinski definition) is 2. The van der Waals surface area contributed by atoms with Crippen LogP contribution in [-0.2, 0) is 4.79 Å². The minimum atomic E-state index is -0.168. The van der Waals surface area contributed by atoms with Crippen LogP contribution in [0.4, 0.5) is 9.18 Å². The molecule has 0 aromatic carbocycles. The molecule has 1 saturated heterocycles. The van der Waals surface area contributed by atoms with Crippen LogP contribution in [0.3, 0.4) is 0 Å². The van der Waals surface area contributed by atoms with Crippen molar-refractivity contribution in [1.29, 1.82) is 0 Å². The molecule has 0 aromatic rings. The highest BCUT2D eigenvalue weighted by atomic mass is 19.1. The van der Waals surface area contributed by atoms with Crippen molar-refractivity contribution in [3.05, 3.63) is 12.4 Å². The number of likely N-dealkylation sites (tertiary alicyclic amines) is 1. The number of amides is 3. The highest BCUT2D eigenvalue weighted by molar-refractivity contribution is 5.75. The molecule has 2 unspecified atom stereocenters. The van der Waals surface area contributed by atoms with Crippen LogP contribution in [0.5, 0.6) is 0 Å². The number of allylic oxidation sites excluding steroid dienone is 1. The van der Waals surface area contributed by atoms with E-state index in [2.05, 4.69) is 17.6 Å². The van der Waals surface area contributed by atoms with Crippen LogP contribution in [0.2, 0.25) is 0 Å². The second-order valence-corrected chi connectivity index (χ2v) is 7.22. The van der Waals surface area contributed by atoms with Gasteiger partial charge >= 0.3 is 6.03 Å². The highest BCUT2D eigenvalue weighted by Crippen LogP contribution is 2.38. The van der Waals surface area contributed by atoms with Crippen molar-refractivity contribution in [1.82, 2.24) is 15.5 Å². The van der Waals surface area contributed by atoms with Gasteiger partial charge in [-0.25, -0.2) is 9.18 Å². The van der Waals surface area contributed by atoms with E-state index in [1.54, 1.807) is 13.0 Å². The minimum absolute atomic E-state index is 0.0992.